The Labute approximate surface area is 169 Å². The zero-order valence-electron chi connectivity index (χ0n) is 16.6. The molecular weight excluding hydrogens is 368 g/mol. The van der Waals surface area contributed by atoms with E-state index >= 15 is 0 Å². The molecule has 152 valence electrons. The first kappa shape index (κ1) is 19.3. The van der Waals surface area contributed by atoms with Crippen molar-refractivity contribution in [3.63, 3.8) is 0 Å². The highest BCUT2D eigenvalue weighted by atomic mass is 16.2. The second kappa shape index (κ2) is 8.57. The topological polar surface area (TPSA) is 84.5 Å². The summed E-state index contributed by atoms with van der Waals surface area (Å²) in [6, 6.07) is 11.9. The van der Waals surface area contributed by atoms with Gasteiger partial charge in [0, 0.05) is 24.7 Å². The summed E-state index contributed by atoms with van der Waals surface area (Å²) in [7, 11) is 0. The van der Waals surface area contributed by atoms with Crippen LogP contribution < -0.4 is 10.9 Å². The minimum absolute atomic E-state index is 0.100. The molecule has 1 aliphatic rings. The van der Waals surface area contributed by atoms with Gasteiger partial charge in [-0.1, -0.05) is 36.8 Å². The SMILES string of the molecule is C[C@H]1CCCCN1CCNC(=O)Cn1ncn2nc(-c3ccccc3)cc2c1=O. The van der Waals surface area contributed by atoms with Gasteiger partial charge in [0.25, 0.3) is 5.56 Å². The zero-order chi connectivity index (χ0) is 20.2. The van der Waals surface area contributed by atoms with Gasteiger partial charge >= 0.3 is 0 Å². The summed E-state index contributed by atoms with van der Waals surface area (Å²) >= 11 is 0. The summed E-state index contributed by atoms with van der Waals surface area (Å²) < 4.78 is 2.64. The Hall–Kier alpha value is -3.00. The largest absolute Gasteiger partial charge is 0.353 e. The second-order valence-electron chi connectivity index (χ2n) is 7.55. The fraction of sp³-hybridized carbons (Fsp3) is 0.429. The van der Waals surface area contributed by atoms with Crippen molar-refractivity contribution in [2.75, 3.05) is 19.6 Å². The quantitative estimate of drug-likeness (QED) is 0.686. The molecule has 1 saturated heterocycles. The lowest BCUT2D eigenvalue weighted by atomic mass is 10.0. The van der Waals surface area contributed by atoms with Crippen LogP contribution in [0.4, 0.5) is 0 Å². The molecule has 3 heterocycles. The summed E-state index contributed by atoms with van der Waals surface area (Å²) in [4.78, 5) is 27.4. The number of hydrogen-bond donors (Lipinski definition) is 1. The van der Waals surface area contributed by atoms with Crippen molar-refractivity contribution in [2.24, 2.45) is 0 Å². The van der Waals surface area contributed by atoms with Crippen molar-refractivity contribution >= 4 is 11.4 Å². The molecule has 0 unspecified atom stereocenters. The molecule has 8 heteroatoms. The average molecular weight is 394 g/mol. The summed E-state index contributed by atoms with van der Waals surface area (Å²) in [5, 5.41) is 11.4. The van der Waals surface area contributed by atoms with E-state index < -0.39 is 0 Å². The van der Waals surface area contributed by atoms with Crippen molar-refractivity contribution in [3.05, 3.63) is 53.1 Å². The highest BCUT2D eigenvalue weighted by Gasteiger charge is 2.18. The Morgan fingerprint density at radius 1 is 1.24 bits per heavy atom. The van der Waals surface area contributed by atoms with Crippen LogP contribution >= 0.6 is 0 Å². The van der Waals surface area contributed by atoms with E-state index in [1.165, 1.54) is 34.8 Å². The van der Waals surface area contributed by atoms with Gasteiger partial charge in [0.2, 0.25) is 5.91 Å². The zero-order valence-corrected chi connectivity index (χ0v) is 16.6. The normalized spacial score (nSPS) is 17.5. The molecule has 1 N–H and O–H groups in total. The Morgan fingerprint density at radius 2 is 2.07 bits per heavy atom. The Kier molecular flexibility index (Phi) is 5.71. The van der Waals surface area contributed by atoms with Crippen molar-refractivity contribution in [1.82, 2.24) is 29.6 Å². The predicted octanol–water partition coefficient (Wildman–Crippen LogP) is 1.55. The van der Waals surface area contributed by atoms with E-state index in [1.807, 2.05) is 30.3 Å². The maximum absolute atomic E-state index is 12.7. The van der Waals surface area contributed by atoms with E-state index in [0.29, 0.717) is 23.8 Å². The van der Waals surface area contributed by atoms with Gasteiger partial charge in [-0.05, 0) is 32.4 Å². The van der Waals surface area contributed by atoms with Gasteiger partial charge in [-0.3, -0.25) is 14.5 Å². The molecule has 0 saturated carbocycles. The monoisotopic (exact) mass is 394 g/mol. The minimum Gasteiger partial charge on any atom is -0.353 e. The van der Waals surface area contributed by atoms with Gasteiger partial charge in [0.05, 0.1) is 5.69 Å². The number of likely N-dealkylation sites (tertiary alicyclic amines) is 1. The number of nitrogens with zero attached hydrogens (tertiary/aromatic N) is 5. The smallest absolute Gasteiger partial charge is 0.293 e. The van der Waals surface area contributed by atoms with E-state index in [2.05, 4.69) is 27.3 Å². The minimum atomic E-state index is -0.331. The maximum atomic E-state index is 12.7. The molecule has 0 spiro atoms. The molecule has 8 nitrogen and oxygen atoms in total. The van der Waals surface area contributed by atoms with Crippen LogP contribution in [0.25, 0.3) is 16.8 Å². The van der Waals surface area contributed by atoms with Crippen LogP contribution in [0.2, 0.25) is 0 Å². The lowest BCUT2D eigenvalue weighted by Crippen LogP contribution is -2.43. The molecule has 0 bridgehead atoms. The second-order valence-corrected chi connectivity index (χ2v) is 7.55. The Balaban J connectivity index is 1.40. The maximum Gasteiger partial charge on any atom is 0.293 e. The number of amides is 1. The third kappa shape index (κ3) is 4.37. The van der Waals surface area contributed by atoms with E-state index in [9.17, 15) is 9.59 Å². The number of hydrogen-bond acceptors (Lipinski definition) is 5. The first-order valence-corrected chi connectivity index (χ1v) is 10.1. The molecule has 29 heavy (non-hydrogen) atoms. The molecule has 4 rings (SSSR count). The van der Waals surface area contributed by atoms with Gasteiger partial charge in [-0.2, -0.15) is 10.2 Å². The molecule has 1 amide bonds. The molecule has 2 aromatic heterocycles. The Bertz CT molecular complexity index is 1040. The molecular formula is C21H26N6O2. The van der Waals surface area contributed by atoms with Gasteiger partial charge in [0.15, 0.2) is 0 Å². The number of nitrogens with one attached hydrogen (secondary N) is 1. The molecule has 1 aliphatic heterocycles. The number of piperidine rings is 1. The highest BCUT2D eigenvalue weighted by molar-refractivity contribution is 5.75. The van der Waals surface area contributed by atoms with Crippen LogP contribution in [0.5, 0.6) is 0 Å². The number of rotatable bonds is 6. The van der Waals surface area contributed by atoms with Crippen LogP contribution in [0.1, 0.15) is 26.2 Å². The number of carbonyl (C=O) groups is 1. The van der Waals surface area contributed by atoms with Crippen molar-refractivity contribution in [3.8, 4) is 11.3 Å². The van der Waals surface area contributed by atoms with Crippen LogP contribution in [0, 0.1) is 0 Å². The molecule has 1 fully saturated rings. The number of carbonyl (C=O) groups excluding carboxylic acids is 1. The van der Waals surface area contributed by atoms with Gasteiger partial charge in [-0.15, -0.1) is 0 Å². The lowest BCUT2D eigenvalue weighted by Gasteiger charge is -2.33. The third-order valence-corrected chi connectivity index (χ3v) is 5.51. The van der Waals surface area contributed by atoms with Gasteiger partial charge < -0.3 is 5.32 Å². The molecule has 0 aliphatic carbocycles. The van der Waals surface area contributed by atoms with E-state index in [0.717, 1.165) is 18.7 Å². The molecule has 1 aromatic carbocycles. The summed E-state index contributed by atoms with van der Waals surface area (Å²) in [5.41, 5.74) is 1.69. The fourth-order valence-electron chi connectivity index (χ4n) is 3.82. The van der Waals surface area contributed by atoms with Crippen LogP contribution in [0.3, 0.4) is 0 Å². The summed E-state index contributed by atoms with van der Waals surface area (Å²) in [5.74, 6) is -0.212. The summed E-state index contributed by atoms with van der Waals surface area (Å²) in [6.45, 7) is 4.62. The fourth-order valence-corrected chi connectivity index (χ4v) is 3.82. The lowest BCUT2D eigenvalue weighted by molar-refractivity contribution is -0.122. The summed E-state index contributed by atoms with van der Waals surface area (Å²) in [6.07, 6.45) is 5.17. The van der Waals surface area contributed by atoms with Crippen molar-refractivity contribution < 1.29 is 4.79 Å². The molecule has 0 radical (unpaired) electrons. The van der Waals surface area contributed by atoms with E-state index in [4.69, 9.17) is 0 Å². The van der Waals surface area contributed by atoms with Crippen LogP contribution in [-0.4, -0.2) is 55.9 Å². The van der Waals surface area contributed by atoms with E-state index in [-0.39, 0.29) is 18.0 Å². The van der Waals surface area contributed by atoms with E-state index in [1.54, 1.807) is 6.07 Å². The number of benzene rings is 1. The first-order valence-electron chi connectivity index (χ1n) is 10.1. The number of fused-ring (bicyclic) bond motifs is 1. The first-order chi connectivity index (χ1) is 14.1. The molecule has 3 aromatic rings. The average Bonchev–Trinajstić information content (AvgIpc) is 3.17. The standard InChI is InChI=1S/C21H26N6O2/c1-16-7-5-6-11-25(16)12-10-22-20(28)14-26-21(29)19-13-18(24-27(19)15-23-26)17-8-3-2-4-9-17/h2-4,8-9,13,15-16H,5-7,10-12,14H2,1H3,(H,22,28)/t16-/m0/s1. The van der Waals surface area contributed by atoms with Gasteiger partial charge in [-0.25, -0.2) is 9.20 Å². The van der Waals surface area contributed by atoms with Crippen molar-refractivity contribution in [2.45, 2.75) is 38.8 Å². The third-order valence-electron chi connectivity index (χ3n) is 5.51. The predicted molar refractivity (Wildman–Crippen MR) is 111 cm³/mol. The highest BCUT2D eigenvalue weighted by Crippen LogP contribution is 2.17. The van der Waals surface area contributed by atoms with Crippen LogP contribution in [-0.2, 0) is 11.3 Å². The Morgan fingerprint density at radius 3 is 2.86 bits per heavy atom. The van der Waals surface area contributed by atoms with Crippen molar-refractivity contribution in [1.29, 1.82) is 0 Å². The van der Waals surface area contributed by atoms with Gasteiger partial charge in [0.1, 0.15) is 18.4 Å². The number of aromatic nitrogens is 4. The molecule has 1 atom stereocenters. The van der Waals surface area contributed by atoms with Crippen LogP contribution in [0.15, 0.2) is 47.5 Å².